The first kappa shape index (κ1) is 22.6. The van der Waals surface area contributed by atoms with Crippen molar-refractivity contribution in [1.82, 2.24) is 4.90 Å². The molecule has 0 bridgehead atoms. The topological polar surface area (TPSA) is 54.5 Å². The number of carbonyl (C=O) groups excluding carboxylic acids is 1. The summed E-state index contributed by atoms with van der Waals surface area (Å²) in [5.74, 6) is -0.0749. The van der Waals surface area contributed by atoms with Crippen LogP contribution in [0, 0.1) is 0 Å². The fourth-order valence-electron chi connectivity index (χ4n) is 3.58. The second-order valence-corrected chi connectivity index (χ2v) is 11.5. The van der Waals surface area contributed by atoms with Gasteiger partial charge in [0.1, 0.15) is 0 Å². The Hall–Kier alpha value is -2.11. The molecule has 6 heteroatoms. The van der Waals surface area contributed by atoms with Crippen LogP contribution in [0.2, 0.25) is 5.02 Å². The molecular formula is C24H28ClNO3S. The van der Waals surface area contributed by atoms with Gasteiger partial charge in [0, 0.05) is 23.7 Å². The maximum atomic E-state index is 13.1. The fourth-order valence-corrected chi connectivity index (χ4v) is 5.51. The molecule has 0 spiro atoms. The number of nitrogens with zero attached hydrogens (tertiary/aromatic N) is 1. The normalized spacial score (nSPS) is 18.6. The van der Waals surface area contributed by atoms with Crippen LogP contribution in [-0.2, 0) is 26.6 Å². The van der Waals surface area contributed by atoms with Gasteiger partial charge in [-0.15, -0.1) is 0 Å². The van der Waals surface area contributed by atoms with Crippen molar-refractivity contribution in [3.63, 3.8) is 0 Å². The number of benzene rings is 2. The second kappa shape index (κ2) is 8.94. The zero-order valence-electron chi connectivity index (χ0n) is 17.6. The first-order chi connectivity index (χ1) is 14.0. The van der Waals surface area contributed by atoms with E-state index < -0.39 is 9.84 Å². The maximum absolute atomic E-state index is 13.1. The maximum Gasteiger partial charge on any atom is 0.247 e. The number of hydrogen-bond acceptors (Lipinski definition) is 3. The molecule has 4 nitrogen and oxygen atoms in total. The Morgan fingerprint density at radius 2 is 1.80 bits per heavy atom. The smallest absolute Gasteiger partial charge is 0.247 e. The molecule has 0 N–H and O–H groups in total. The van der Waals surface area contributed by atoms with Crippen LogP contribution in [0.25, 0.3) is 6.08 Å². The van der Waals surface area contributed by atoms with Crippen molar-refractivity contribution in [3.8, 4) is 0 Å². The van der Waals surface area contributed by atoms with Crippen molar-refractivity contribution < 1.29 is 13.2 Å². The summed E-state index contributed by atoms with van der Waals surface area (Å²) in [4.78, 5) is 14.7. The largest absolute Gasteiger partial charge is 0.331 e. The Morgan fingerprint density at radius 1 is 1.13 bits per heavy atom. The molecule has 2 aromatic carbocycles. The van der Waals surface area contributed by atoms with Crippen molar-refractivity contribution in [1.29, 1.82) is 0 Å². The van der Waals surface area contributed by atoms with E-state index >= 15 is 0 Å². The highest BCUT2D eigenvalue weighted by molar-refractivity contribution is 7.91. The van der Waals surface area contributed by atoms with E-state index in [9.17, 15) is 13.2 Å². The van der Waals surface area contributed by atoms with Crippen LogP contribution in [0.15, 0.2) is 54.6 Å². The standard InChI is InChI=1S/C24H28ClNO3S/c1-24(2,3)20-11-8-18(9-12-20)16-26(21-14-15-30(28,29)17-21)23(27)13-10-19-6-4-5-7-22(19)25/h4-13,21H,14-17H2,1-3H3/b13-10+/t21-/m1/s1. The Balaban J connectivity index is 1.83. The molecule has 1 amide bonds. The third-order valence-electron chi connectivity index (χ3n) is 5.42. The predicted molar refractivity (Wildman–Crippen MR) is 123 cm³/mol. The van der Waals surface area contributed by atoms with E-state index in [0.29, 0.717) is 18.0 Å². The molecule has 1 saturated heterocycles. The molecule has 1 fully saturated rings. The summed E-state index contributed by atoms with van der Waals surface area (Å²) in [6, 6.07) is 15.1. The Morgan fingerprint density at radius 3 is 2.37 bits per heavy atom. The molecule has 1 aliphatic heterocycles. The van der Waals surface area contributed by atoms with Gasteiger partial charge >= 0.3 is 0 Å². The molecule has 0 radical (unpaired) electrons. The third kappa shape index (κ3) is 5.73. The van der Waals surface area contributed by atoms with E-state index in [1.54, 1.807) is 17.0 Å². The number of halogens is 1. The Labute approximate surface area is 184 Å². The summed E-state index contributed by atoms with van der Waals surface area (Å²) < 4.78 is 24.1. The van der Waals surface area contributed by atoms with Crippen LogP contribution in [0.1, 0.15) is 43.9 Å². The van der Waals surface area contributed by atoms with Gasteiger partial charge in [-0.25, -0.2) is 8.42 Å². The lowest BCUT2D eigenvalue weighted by Crippen LogP contribution is -2.39. The van der Waals surface area contributed by atoms with Crippen LogP contribution in [0.3, 0.4) is 0 Å². The Kier molecular flexibility index (Phi) is 6.73. The van der Waals surface area contributed by atoms with Crippen LogP contribution < -0.4 is 0 Å². The van der Waals surface area contributed by atoms with Crippen molar-refractivity contribution in [2.75, 3.05) is 11.5 Å². The molecule has 0 unspecified atom stereocenters. The van der Waals surface area contributed by atoms with Gasteiger partial charge in [0.05, 0.1) is 11.5 Å². The zero-order valence-corrected chi connectivity index (χ0v) is 19.2. The number of rotatable bonds is 5. The quantitative estimate of drug-likeness (QED) is 0.617. The van der Waals surface area contributed by atoms with Gasteiger partial charge in [-0.2, -0.15) is 0 Å². The van der Waals surface area contributed by atoms with Crippen LogP contribution >= 0.6 is 11.6 Å². The molecule has 0 aromatic heterocycles. The molecule has 1 atom stereocenters. The van der Waals surface area contributed by atoms with E-state index in [1.165, 1.54) is 11.6 Å². The molecule has 0 saturated carbocycles. The summed E-state index contributed by atoms with van der Waals surface area (Å²) in [5.41, 5.74) is 2.99. The highest BCUT2D eigenvalue weighted by Crippen LogP contribution is 2.25. The minimum absolute atomic E-state index is 0.0126. The lowest BCUT2D eigenvalue weighted by molar-refractivity contribution is -0.128. The monoisotopic (exact) mass is 445 g/mol. The average Bonchev–Trinajstić information content (AvgIpc) is 3.04. The fraction of sp³-hybridized carbons (Fsp3) is 0.375. The van der Waals surface area contributed by atoms with Gasteiger partial charge < -0.3 is 4.90 Å². The number of hydrogen-bond donors (Lipinski definition) is 0. The number of carbonyl (C=O) groups is 1. The van der Waals surface area contributed by atoms with E-state index in [1.807, 2.05) is 30.3 Å². The van der Waals surface area contributed by atoms with Crippen LogP contribution in [-0.4, -0.2) is 36.8 Å². The predicted octanol–water partition coefficient (Wildman–Crippen LogP) is 4.87. The minimum atomic E-state index is -3.11. The molecule has 160 valence electrons. The highest BCUT2D eigenvalue weighted by Gasteiger charge is 2.34. The molecular weight excluding hydrogens is 418 g/mol. The van der Waals surface area contributed by atoms with Gasteiger partial charge in [0.2, 0.25) is 5.91 Å². The van der Waals surface area contributed by atoms with Gasteiger partial charge in [-0.3, -0.25) is 4.79 Å². The van der Waals surface area contributed by atoms with Crippen molar-refractivity contribution in [2.45, 2.75) is 45.2 Å². The molecule has 30 heavy (non-hydrogen) atoms. The third-order valence-corrected chi connectivity index (χ3v) is 7.51. The lowest BCUT2D eigenvalue weighted by atomic mass is 9.86. The minimum Gasteiger partial charge on any atom is -0.331 e. The molecule has 0 aliphatic carbocycles. The summed E-state index contributed by atoms with van der Waals surface area (Å²) in [7, 11) is -3.11. The molecule has 3 rings (SSSR count). The SMILES string of the molecule is CC(C)(C)c1ccc(CN(C(=O)/C=C/c2ccccc2Cl)[C@@H]2CCS(=O)(=O)C2)cc1. The number of amides is 1. The number of sulfone groups is 1. The highest BCUT2D eigenvalue weighted by atomic mass is 35.5. The van der Waals surface area contributed by atoms with E-state index in [4.69, 9.17) is 11.6 Å². The molecule has 1 aliphatic rings. The summed E-state index contributed by atoms with van der Waals surface area (Å²) in [6.45, 7) is 6.83. The summed E-state index contributed by atoms with van der Waals surface area (Å²) in [5, 5.41) is 0.564. The first-order valence-electron chi connectivity index (χ1n) is 10.1. The lowest BCUT2D eigenvalue weighted by Gasteiger charge is -2.28. The van der Waals surface area contributed by atoms with Crippen LogP contribution in [0.5, 0.6) is 0 Å². The molecule has 1 heterocycles. The second-order valence-electron chi connectivity index (χ2n) is 8.82. The van der Waals surface area contributed by atoms with E-state index in [2.05, 4.69) is 32.9 Å². The van der Waals surface area contributed by atoms with Crippen molar-refractivity contribution in [3.05, 3.63) is 76.3 Å². The van der Waals surface area contributed by atoms with Gasteiger partial charge in [-0.05, 0) is 40.7 Å². The summed E-state index contributed by atoms with van der Waals surface area (Å²) >= 11 is 6.18. The van der Waals surface area contributed by atoms with E-state index in [-0.39, 0.29) is 28.9 Å². The summed E-state index contributed by atoms with van der Waals surface area (Å²) in [6.07, 6.45) is 3.63. The Bertz CT molecular complexity index is 1040. The zero-order chi connectivity index (χ0) is 21.9. The van der Waals surface area contributed by atoms with E-state index in [0.717, 1.165) is 11.1 Å². The van der Waals surface area contributed by atoms with Gasteiger partial charge in [-0.1, -0.05) is 74.8 Å². The van der Waals surface area contributed by atoms with Gasteiger partial charge in [0.25, 0.3) is 0 Å². The van der Waals surface area contributed by atoms with Gasteiger partial charge in [0.15, 0.2) is 9.84 Å². The van der Waals surface area contributed by atoms with Crippen molar-refractivity contribution in [2.24, 2.45) is 0 Å². The van der Waals surface area contributed by atoms with Crippen molar-refractivity contribution >= 4 is 33.4 Å². The molecule has 2 aromatic rings. The average molecular weight is 446 g/mol. The first-order valence-corrected chi connectivity index (χ1v) is 12.3. The van der Waals surface area contributed by atoms with Crippen LogP contribution in [0.4, 0.5) is 0 Å².